The lowest BCUT2D eigenvalue weighted by molar-refractivity contribution is -0.120. The number of rotatable bonds is 8. The number of anilines is 2. The van der Waals surface area contributed by atoms with Crippen molar-refractivity contribution in [2.24, 2.45) is 5.92 Å². The van der Waals surface area contributed by atoms with Crippen molar-refractivity contribution in [2.75, 3.05) is 42.1 Å². The predicted molar refractivity (Wildman–Crippen MR) is 152 cm³/mol. The lowest BCUT2D eigenvalue weighted by Gasteiger charge is -2.33. The number of hydrogen-bond acceptors (Lipinski definition) is 6. The molecule has 2 aliphatic rings. The van der Waals surface area contributed by atoms with E-state index in [1.165, 1.54) is 49.2 Å². The number of carbonyl (C=O) groups excluding carboxylic acids is 1. The largest absolute Gasteiger partial charge is 0.486 e. The van der Waals surface area contributed by atoms with Crippen LogP contribution in [0.25, 0.3) is 0 Å². The van der Waals surface area contributed by atoms with Crippen LogP contribution in [0.5, 0.6) is 11.5 Å². The molecule has 2 aliphatic heterocycles. The van der Waals surface area contributed by atoms with Crippen molar-refractivity contribution < 1.29 is 27.1 Å². The Kier molecular flexibility index (Phi) is 8.16. The number of carbonyl (C=O) groups is 1. The van der Waals surface area contributed by atoms with Gasteiger partial charge >= 0.3 is 0 Å². The average molecular weight is 568 g/mol. The molecule has 0 radical (unpaired) electrons. The third kappa shape index (κ3) is 6.17. The highest BCUT2D eigenvalue weighted by Crippen LogP contribution is 2.34. The maximum atomic E-state index is 14.1. The van der Waals surface area contributed by atoms with Crippen LogP contribution in [0.15, 0.2) is 71.6 Å². The van der Waals surface area contributed by atoms with Crippen LogP contribution >= 0.6 is 0 Å². The minimum atomic E-state index is -4.26. The first-order valence-corrected chi connectivity index (χ1v) is 15.0. The van der Waals surface area contributed by atoms with Gasteiger partial charge in [-0.2, -0.15) is 0 Å². The van der Waals surface area contributed by atoms with Gasteiger partial charge in [-0.25, -0.2) is 12.8 Å². The summed E-state index contributed by atoms with van der Waals surface area (Å²) in [6, 6.07) is 17.1. The zero-order valence-corrected chi connectivity index (χ0v) is 23.5. The predicted octanol–water partition coefficient (Wildman–Crippen LogP) is 4.91. The average Bonchev–Trinajstić information content (AvgIpc) is 2.95. The summed E-state index contributed by atoms with van der Waals surface area (Å²) in [7, 11) is -4.26. The van der Waals surface area contributed by atoms with Crippen LogP contribution in [-0.2, 0) is 14.8 Å². The van der Waals surface area contributed by atoms with Gasteiger partial charge in [0.1, 0.15) is 25.6 Å². The molecular formula is C30H34FN3O5S. The highest BCUT2D eigenvalue weighted by atomic mass is 32.2. The fraction of sp³-hybridized carbons (Fsp3) is 0.367. The standard InChI is InChI=1S/C30H34FN3O5S/c1-21-5-4-14-33(19-21)25-10-8-23(9-11-25)22(2)32-30(35)20-34(26-7-3-6-24(31)17-26)40(36,37)27-12-13-28-29(18-27)39-16-15-38-28/h3,6-13,17-18,21-22H,4-5,14-16,19-20H2,1-2H3,(H,32,35). The van der Waals surface area contributed by atoms with Crippen molar-refractivity contribution >= 4 is 27.3 Å². The number of fused-ring (bicyclic) bond motifs is 1. The molecule has 10 heteroatoms. The maximum absolute atomic E-state index is 14.1. The summed E-state index contributed by atoms with van der Waals surface area (Å²) >= 11 is 0. The Morgan fingerprint density at radius 3 is 2.55 bits per heavy atom. The molecular weight excluding hydrogens is 533 g/mol. The van der Waals surface area contributed by atoms with E-state index in [1.807, 2.05) is 19.1 Å². The van der Waals surface area contributed by atoms with E-state index in [0.29, 0.717) is 30.6 Å². The molecule has 0 spiro atoms. The topological polar surface area (TPSA) is 88.2 Å². The quantitative estimate of drug-likeness (QED) is 0.417. The van der Waals surface area contributed by atoms with Crippen LogP contribution in [0.4, 0.5) is 15.8 Å². The second-order valence-electron chi connectivity index (χ2n) is 10.4. The second-order valence-corrected chi connectivity index (χ2v) is 12.2. The minimum absolute atomic E-state index is 0.0396. The fourth-order valence-corrected chi connectivity index (χ4v) is 6.59. The normalized spacial score (nSPS) is 17.7. The van der Waals surface area contributed by atoms with Crippen molar-refractivity contribution in [3.63, 3.8) is 0 Å². The van der Waals surface area contributed by atoms with E-state index >= 15 is 0 Å². The SMILES string of the molecule is CC1CCCN(c2ccc(C(C)NC(=O)CN(c3cccc(F)c3)S(=O)(=O)c3ccc4c(c3)OCCO4)cc2)C1. The number of amides is 1. The van der Waals surface area contributed by atoms with Crippen molar-refractivity contribution in [3.8, 4) is 11.5 Å². The molecule has 1 amide bonds. The summed E-state index contributed by atoms with van der Waals surface area (Å²) in [6.45, 7) is 6.30. The molecule has 1 fully saturated rings. The number of hydrogen-bond donors (Lipinski definition) is 1. The number of nitrogens with zero attached hydrogens (tertiary/aromatic N) is 2. The smallest absolute Gasteiger partial charge is 0.264 e. The molecule has 2 unspecified atom stereocenters. The number of nitrogens with one attached hydrogen (secondary N) is 1. The highest BCUT2D eigenvalue weighted by molar-refractivity contribution is 7.92. The molecule has 0 bridgehead atoms. The molecule has 5 rings (SSSR count). The van der Waals surface area contributed by atoms with Crippen molar-refractivity contribution in [2.45, 2.75) is 37.6 Å². The Morgan fingerprint density at radius 2 is 1.82 bits per heavy atom. The van der Waals surface area contributed by atoms with Gasteiger partial charge in [0.15, 0.2) is 11.5 Å². The Bertz CT molecular complexity index is 1460. The summed E-state index contributed by atoms with van der Waals surface area (Å²) in [5, 5.41) is 2.89. The minimum Gasteiger partial charge on any atom is -0.486 e. The van der Waals surface area contributed by atoms with Crippen LogP contribution in [0, 0.1) is 11.7 Å². The monoisotopic (exact) mass is 567 g/mol. The van der Waals surface area contributed by atoms with Crippen LogP contribution in [0.1, 0.15) is 38.3 Å². The molecule has 0 saturated carbocycles. The molecule has 3 aromatic rings. The van der Waals surface area contributed by atoms with Gasteiger partial charge in [0.05, 0.1) is 16.6 Å². The van der Waals surface area contributed by atoms with Gasteiger partial charge in [-0.3, -0.25) is 9.10 Å². The van der Waals surface area contributed by atoms with Crippen molar-refractivity contribution in [1.29, 1.82) is 0 Å². The first kappa shape index (κ1) is 27.8. The summed E-state index contributed by atoms with van der Waals surface area (Å²) in [6.07, 6.45) is 2.42. The van der Waals surface area contributed by atoms with Crippen molar-refractivity contribution in [3.05, 3.63) is 78.1 Å². The van der Waals surface area contributed by atoms with Gasteiger partial charge < -0.3 is 19.7 Å². The maximum Gasteiger partial charge on any atom is 0.264 e. The Balaban J connectivity index is 1.33. The third-order valence-electron chi connectivity index (χ3n) is 7.28. The van der Waals surface area contributed by atoms with E-state index in [2.05, 4.69) is 29.3 Å². The summed E-state index contributed by atoms with van der Waals surface area (Å²) in [4.78, 5) is 15.5. The number of piperidine rings is 1. The molecule has 2 heterocycles. The van der Waals surface area contributed by atoms with E-state index in [9.17, 15) is 17.6 Å². The number of halogens is 1. The number of sulfonamides is 1. The first-order valence-electron chi connectivity index (χ1n) is 13.5. The highest BCUT2D eigenvalue weighted by Gasteiger charge is 2.30. The lowest BCUT2D eigenvalue weighted by atomic mass is 9.99. The summed E-state index contributed by atoms with van der Waals surface area (Å²) in [5.74, 6) is 0.261. The molecule has 0 aliphatic carbocycles. The zero-order valence-electron chi connectivity index (χ0n) is 22.7. The van der Waals surface area contributed by atoms with Crippen LogP contribution in [0.2, 0.25) is 0 Å². The van der Waals surface area contributed by atoms with Crippen LogP contribution < -0.4 is 24.0 Å². The summed E-state index contributed by atoms with van der Waals surface area (Å²) < 4.78 is 53.6. The molecule has 1 saturated heterocycles. The van der Waals surface area contributed by atoms with Crippen molar-refractivity contribution in [1.82, 2.24) is 5.32 Å². The summed E-state index contributed by atoms with van der Waals surface area (Å²) in [5.41, 5.74) is 2.09. The second kappa shape index (κ2) is 11.8. The Hall–Kier alpha value is -3.79. The van der Waals surface area contributed by atoms with E-state index in [4.69, 9.17) is 9.47 Å². The molecule has 1 N–H and O–H groups in total. The third-order valence-corrected chi connectivity index (χ3v) is 9.05. The van der Waals surface area contributed by atoms with Gasteiger partial charge in [-0.05, 0) is 73.7 Å². The van der Waals surface area contributed by atoms with Gasteiger partial charge in [-0.15, -0.1) is 0 Å². The van der Waals surface area contributed by atoms with Gasteiger partial charge in [0, 0.05) is 24.8 Å². The Labute approximate surface area is 234 Å². The molecule has 212 valence electrons. The van der Waals surface area contributed by atoms with Crippen LogP contribution in [0.3, 0.4) is 0 Å². The first-order chi connectivity index (χ1) is 19.2. The molecule has 2 atom stereocenters. The lowest BCUT2D eigenvalue weighted by Crippen LogP contribution is -2.41. The molecule has 0 aromatic heterocycles. The van der Waals surface area contributed by atoms with E-state index in [1.54, 1.807) is 0 Å². The fourth-order valence-electron chi connectivity index (χ4n) is 5.16. The molecule has 40 heavy (non-hydrogen) atoms. The number of benzene rings is 3. The molecule has 3 aromatic carbocycles. The van der Waals surface area contributed by atoms with E-state index < -0.39 is 28.3 Å². The van der Waals surface area contributed by atoms with E-state index in [-0.39, 0.29) is 16.6 Å². The Morgan fingerprint density at radius 1 is 1.07 bits per heavy atom. The van der Waals surface area contributed by atoms with E-state index in [0.717, 1.165) is 34.7 Å². The van der Waals surface area contributed by atoms with Gasteiger partial charge in [0.2, 0.25) is 5.91 Å². The zero-order chi connectivity index (χ0) is 28.3. The number of ether oxygens (including phenoxy) is 2. The van der Waals surface area contributed by atoms with Crippen LogP contribution in [-0.4, -0.2) is 47.2 Å². The van der Waals surface area contributed by atoms with Gasteiger partial charge in [-0.1, -0.05) is 25.1 Å². The molecule has 8 nitrogen and oxygen atoms in total. The van der Waals surface area contributed by atoms with Gasteiger partial charge in [0.25, 0.3) is 10.0 Å².